The second kappa shape index (κ2) is 12.8. The number of benzene rings is 4. The van der Waals surface area contributed by atoms with Crippen LogP contribution in [0.1, 0.15) is 18.1 Å². The predicted molar refractivity (Wildman–Crippen MR) is 166 cm³/mol. The maximum Gasteiger partial charge on any atom is 0.294 e. The molecular formula is C31H24BrClN2O5S. The Kier molecular flexibility index (Phi) is 8.97. The first-order chi connectivity index (χ1) is 19.8. The fourth-order valence-electron chi connectivity index (χ4n) is 4.27. The van der Waals surface area contributed by atoms with Crippen LogP contribution >= 0.6 is 39.3 Å². The van der Waals surface area contributed by atoms with Gasteiger partial charge in [0.1, 0.15) is 13.2 Å². The lowest BCUT2D eigenvalue weighted by Gasteiger charge is -2.15. The van der Waals surface area contributed by atoms with E-state index >= 15 is 0 Å². The van der Waals surface area contributed by atoms with Crippen molar-refractivity contribution in [3.05, 3.63) is 104 Å². The number of hydrogen-bond acceptors (Lipinski definition) is 6. The molecule has 0 bridgehead atoms. The number of ether oxygens (including phenoxy) is 2. The Morgan fingerprint density at radius 1 is 1.02 bits per heavy atom. The molecule has 5 rings (SSSR count). The average Bonchev–Trinajstić information content (AvgIpc) is 3.21. The smallest absolute Gasteiger partial charge is 0.294 e. The van der Waals surface area contributed by atoms with Gasteiger partial charge >= 0.3 is 0 Å². The van der Waals surface area contributed by atoms with Crippen LogP contribution in [-0.4, -0.2) is 35.1 Å². The number of rotatable bonds is 9. The second-order valence-electron chi connectivity index (χ2n) is 9.02. The first-order valence-corrected chi connectivity index (χ1v) is 14.7. The van der Waals surface area contributed by atoms with E-state index in [1.54, 1.807) is 36.4 Å². The molecule has 4 aromatic carbocycles. The summed E-state index contributed by atoms with van der Waals surface area (Å²) in [5.74, 6) is -0.00775. The Bertz CT molecular complexity index is 1670. The number of halogens is 2. The van der Waals surface area contributed by atoms with Crippen LogP contribution in [0.4, 0.5) is 10.5 Å². The molecule has 0 saturated carbocycles. The number of amides is 3. The van der Waals surface area contributed by atoms with Crippen molar-refractivity contribution >= 4 is 78.9 Å². The number of fused-ring (bicyclic) bond motifs is 1. The Labute approximate surface area is 254 Å². The van der Waals surface area contributed by atoms with Crippen molar-refractivity contribution in [3.8, 4) is 11.5 Å². The molecule has 7 nitrogen and oxygen atoms in total. The quantitative estimate of drug-likeness (QED) is 0.185. The minimum atomic E-state index is -0.537. The lowest BCUT2D eigenvalue weighted by molar-refractivity contribution is -0.127. The van der Waals surface area contributed by atoms with Crippen LogP contribution in [-0.2, 0) is 16.2 Å². The van der Waals surface area contributed by atoms with Gasteiger partial charge in [0.25, 0.3) is 11.1 Å². The van der Waals surface area contributed by atoms with E-state index in [1.807, 2.05) is 55.5 Å². The van der Waals surface area contributed by atoms with E-state index in [0.717, 1.165) is 33.0 Å². The van der Waals surface area contributed by atoms with Gasteiger partial charge in [-0.25, -0.2) is 0 Å². The molecule has 4 aromatic rings. The van der Waals surface area contributed by atoms with Crippen LogP contribution in [0.25, 0.3) is 16.8 Å². The van der Waals surface area contributed by atoms with Gasteiger partial charge in [0, 0.05) is 16.1 Å². The highest BCUT2D eigenvalue weighted by atomic mass is 79.9. The van der Waals surface area contributed by atoms with Gasteiger partial charge < -0.3 is 14.8 Å². The number of imide groups is 1. The standard InChI is InChI=1S/C31H24BrClN2O5S/c1-2-39-26-15-20(14-24(32)29(26)40-18-19-10-12-22(33)13-11-19)16-27-30(37)35(31(38)41-27)17-28(36)34-25-9-5-7-21-6-3-4-8-23(21)25/h3-16H,2,17-18H2,1H3,(H,34,36)/b27-16+. The molecule has 1 aliphatic heterocycles. The minimum Gasteiger partial charge on any atom is -0.490 e. The van der Waals surface area contributed by atoms with Crippen LogP contribution in [0.2, 0.25) is 5.02 Å². The first kappa shape index (κ1) is 28.7. The van der Waals surface area contributed by atoms with Gasteiger partial charge in [0.15, 0.2) is 11.5 Å². The van der Waals surface area contributed by atoms with E-state index in [0.29, 0.717) is 45.5 Å². The fraction of sp³-hybridized carbons (Fsp3) is 0.129. The largest absolute Gasteiger partial charge is 0.490 e. The molecule has 0 spiro atoms. The van der Waals surface area contributed by atoms with Crippen molar-refractivity contribution in [3.63, 3.8) is 0 Å². The van der Waals surface area contributed by atoms with E-state index in [2.05, 4.69) is 21.2 Å². The maximum atomic E-state index is 13.1. The van der Waals surface area contributed by atoms with Gasteiger partial charge in [0.05, 0.1) is 16.0 Å². The topological polar surface area (TPSA) is 84.9 Å². The van der Waals surface area contributed by atoms with Crippen LogP contribution in [0.5, 0.6) is 11.5 Å². The van der Waals surface area contributed by atoms with Crippen LogP contribution < -0.4 is 14.8 Å². The van der Waals surface area contributed by atoms with Crippen LogP contribution in [0.15, 0.2) is 88.2 Å². The summed E-state index contributed by atoms with van der Waals surface area (Å²) in [6, 6.07) is 24.1. The molecule has 208 valence electrons. The van der Waals surface area contributed by atoms with Crippen LogP contribution in [0.3, 0.4) is 0 Å². The number of hydrogen-bond donors (Lipinski definition) is 1. The monoisotopic (exact) mass is 650 g/mol. The molecule has 0 unspecified atom stereocenters. The van der Waals surface area contributed by atoms with Crippen molar-refractivity contribution in [2.45, 2.75) is 13.5 Å². The van der Waals surface area contributed by atoms with Gasteiger partial charge in [-0.15, -0.1) is 0 Å². The third-order valence-electron chi connectivity index (χ3n) is 6.16. The lowest BCUT2D eigenvalue weighted by atomic mass is 10.1. The molecule has 10 heteroatoms. The van der Waals surface area contributed by atoms with Gasteiger partial charge in [0.2, 0.25) is 5.91 Å². The van der Waals surface area contributed by atoms with E-state index in [4.69, 9.17) is 21.1 Å². The zero-order chi connectivity index (χ0) is 28.9. The summed E-state index contributed by atoms with van der Waals surface area (Å²) in [4.78, 5) is 39.8. The van der Waals surface area contributed by atoms with Gasteiger partial charge in [-0.2, -0.15) is 0 Å². The molecule has 0 atom stereocenters. The third kappa shape index (κ3) is 6.75. The van der Waals surface area contributed by atoms with Crippen molar-refractivity contribution < 1.29 is 23.9 Å². The molecule has 0 aromatic heterocycles. The predicted octanol–water partition coefficient (Wildman–Crippen LogP) is 7.91. The molecular weight excluding hydrogens is 628 g/mol. The zero-order valence-corrected chi connectivity index (χ0v) is 25.0. The average molecular weight is 652 g/mol. The molecule has 0 radical (unpaired) electrons. The highest BCUT2D eigenvalue weighted by Gasteiger charge is 2.36. The number of anilines is 1. The number of carbonyl (C=O) groups excluding carboxylic acids is 3. The zero-order valence-electron chi connectivity index (χ0n) is 21.9. The van der Waals surface area contributed by atoms with Gasteiger partial charge in [-0.1, -0.05) is 60.1 Å². The summed E-state index contributed by atoms with van der Waals surface area (Å²) in [6.07, 6.45) is 1.60. The Morgan fingerprint density at radius 3 is 2.56 bits per heavy atom. The Balaban J connectivity index is 1.30. The lowest BCUT2D eigenvalue weighted by Crippen LogP contribution is -2.36. The third-order valence-corrected chi connectivity index (χ3v) is 7.91. The van der Waals surface area contributed by atoms with E-state index in [-0.39, 0.29) is 4.91 Å². The fourth-order valence-corrected chi connectivity index (χ4v) is 5.80. The molecule has 1 aliphatic rings. The summed E-state index contributed by atoms with van der Waals surface area (Å²) < 4.78 is 12.5. The van der Waals surface area contributed by atoms with Crippen molar-refractivity contribution in [1.82, 2.24) is 4.90 Å². The SMILES string of the molecule is CCOc1cc(/C=C2/SC(=O)N(CC(=O)Nc3cccc4ccccc34)C2=O)cc(Br)c1OCc1ccc(Cl)cc1. The molecule has 1 N–H and O–H groups in total. The normalized spacial score (nSPS) is 14.1. The Hall–Kier alpha value is -3.79. The minimum absolute atomic E-state index is 0.206. The second-order valence-corrected chi connectivity index (χ2v) is 11.3. The van der Waals surface area contributed by atoms with E-state index in [1.165, 1.54) is 0 Å². The number of nitrogens with one attached hydrogen (secondary N) is 1. The number of nitrogens with zero attached hydrogens (tertiary/aromatic N) is 1. The summed E-state index contributed by atoms with van der Waals surface area (Å²) in [6.45, 7) is 2.17. The first-order valence-electron chi connectivity index (χ1n) is 12.7. The van der Waals surface area contributed by atoms with E-state index < -0.39 is 23.6 Å². The number of carbonyl (C=O) groups is 3. The van der Waals surface area contributed by atoms with Crippen molar-refractivity contribution in [2.24, 2.45) is 0 Å². The molecule has 1 heterocycles. The van der Waals surface area contributed by atoms with Crippen LogP contribution in [0, 0.1) is 0 Å². The maximum absolute atomic E-state index is 13.1. The highest BCUT2D eigenvalue weighted by Crippen LogP contribution is 2.40. The summed E-state index contributed by atoms with van der Waals surface area (Å²) in [5.41, 5.74) is 2.18. The molecule has 1 fully saturated rings. The van der Waals surface area contributed by atoms with Crippen molar-refractivity contribution in [1.29, 1.82) is 0 Å². The molecule has 0 aliphatic carbocycles. The van der Waals surface area contributed by atoms with Crippen molar-refractivity contribution in [2.75, 3.05) is 18.5 Å². The highest BCUT2D eigenvalue weighted by molar-refractivity contribution is 9.10. The summed E-state index contributed by atoms with van der Waals surface area (Å²) >= 11 is 10.3. The molecule has 1 saturated heterocycles. The molecule has 3 amide bonds. The Morgan fingerprint density at radius 2 is 1.78 bits per heavy atom. The summed E-state index contributed by atoms with van der Waals surface area (Å²) in [5, 5.41) is 4.79. The van der Waals surface area contributed by atoms with Gasteiger partial charge in [-0.3, -0.25) is 19.3 Å². The van der Waals surface area contributed by atoms with E-state index in [9.17, 15) is 14.4 Å². The van der Waals surface area contributed by atoms with Gasteiger partial charge in [-0.05, 0) is 87.5 Å². The molecule has 41 heavy (non-hydrogen) atoms. The summed E-state index contributed by atoms with van der Waals surface area (Å²) in [7, 11) is 0. The number of thioether (sulfide) groups is 1.